The predicted octanol–water partition coefficient (Wildman–Crippen LogP) is 1.77. The molecule has 3 heteroatoms. The van der Waals surface area contributed by atoms with Crippen molar-refractivity contribution in [2.75, 3.05) is 7.11 Å². The second-order valence-electron chi connectivity index (χ2n) is 3.71. The van der Waals surface area contributed by atoms with Gasteiger partial charge in [-0.25, -0.2) is 0 Å². The van der Waals surface area contributed by atoms with Crippen LogP contribution in [0.5, 0.6) is 5.75 Å². The van der Waals surface area contributed by atoms with E-state index < -0.39 is 6.10 Å². The largest absolute Gasteiger partial charge is 0.496 e. The molecular formula is C12H19NO2. The van der Waals surface area contributed by atoms with Gasteiger partial charge in [-0.2, -0.15) is 0 Å². The molecule has 2 unspecified atom stereocenters. The maximum Gasteiger partial charge on any atom is 0.127 e. The molecule has 0 aliphatic carbocycles. The van der Waals surface area contributed by atoms with Crippen molar-refractivity contribution in [1.29, 1.82) is 0 Å². The standard InChI is InChI=1S/C12H19NO2/c1-4-10(13)11(14)9-7-5-6-8(2)12(9)15-3/h5-7,10-11,14H,4,13H2,1-3H3. The lowest BCUT2D eigenvalue weighted by Gasteiger charge is -2.20. The van der Waals surface area contributed by atoms with E-state index >= 15 is 0 Å². The molecule has 0 amide bonds. The molecule has 0 aromatic heterocycles. The van der Waals surface area contributed by atoms with E-state index in [4.69, 9.17) is 10.5 Å². The van der Waals surface area contributed by atoms with Gasteiger partial charge in [-0.15, -0.1) is 0 Å². The Kier molecular flexibility index (Phi) is 4.12. The highest BCUT2D eigenvalue weighted by molar-refractivity contribution is 5.42. The monoisotopic (exact) mass is 209 g/mol. The number of hydrogen-bond donors (Lipinski definition) is 2. The molecular weight excluding hydrogens is 190 g/mol. The third kappa shape index (κ3) is 2.49. The van der Waals surface area contributed by atoms with Crippen LogP contribution in [0, 0.1) is 6.92 Å². The predicted molar refractivity (Wildman–Crippen MR) is 61.0 cm³/mol. The number of methoxy groups -OCH3 is 1. The van der Waals surface area contributed by atoms with Crippen molar-refractivity contribution in [2.24, 2.45) is 5.73 Å². The third-order valence-corrected chi connectivity index (χ3v) is 2.64. The normalized spacial score (nSPS) is 14.7. The fourth-order valence-electron chi connectivity index (χ4n) is 1.64. The van der Waals surface area contributed by atoms with Crippen molar-refractivity contribution < 1.29 is 9.84 Å². The van der Waals surface area contributed by atoms with E-state index in [1.165, 1.54) is 0 Å². The number of nitrogens with two attached hydrogens (primary N) is 1. The molecule has 0 saturated heterocycles. The van der Waals surface area contributed by atoms with Gasteiger partial charge < -0.3 is 15.6 Å². The van der Waals surface area contributed by atoms with E-state index in [-0.39, 0.29) is 6.04 Å². The van der Waals surface area contributed by atoms with Gasteiger partial charge in [-0.3, -0.25) is 0 Å². The van der Waals surface area contributed by atoms with Crippen LogP contribution in [0.4, 0.5) is 0 Å². The Balaban J connectivity index is 3.07. The van der Waals surface area contributed by atoms with Crippen LogP contribution in [0.1, 0.15) is 30.6 Å². The van der Waals surface area contributed by atoms with Crippen LogP contribution in [-0.4, -0.2) is 18.3 Å². The molecule has 0 fully saturated rings. The van der Waals surface area contributed by atoms with Gasteiger partial charge >= 0.3 is 0 Å². The zero-order chi connectivity index (χ0) is 11.4. The van der Waals surface area contributed by atoms with Crippen LogP contribution in [0.25, 0.3) is 0 Å². The summed E-state index contributed by atoms with van der Waals surface area (Å²) >= 11 is 0. The number of benzene rings is 1. The van der Waals surface area contributed by atoms with Crippen LogP contribution in [0.15, 0.2) is 18.2 Å². The Morgan fingerprint density at radius 2 is 2.13 bits per heavy atom. The summed E-state index contributed by atoms with van der Waals surface area (Å²) in [6.45, 7) is 3.91. The highest BCUT2D eigenvalue weighted by Crippen LogP contribution is 2.30. The van der Waals surface area contributed by atoms with Crippen molar-refractivity contribution in [3.8, 4) is 5.75 Å². The summed E-state index contributed by atoms with van der Waals surface area (Å²) in [4.78, 5) is 0. The fraction of sp³-hybridized carbons (Fsp3) is 0.500. The van der Waals surface area contributed by atoms with Crippen molar-refractivity contribution in [2.45, 2.75) is 32.4 Å². The SMILES string of the molecule is CCC(N)C(O)c1cccc(C)c1OC. The van der Waals surface area contributed by atoms with Gasteiger partial charge in [0.25, 0.3) is 0 Å². The molecule has 0 heterocycles. The molecule has 0 aliphatic heterocycles. The summed E-state index contributed by atoms with van der Waals surface area (Å²) in [5, 5.41) is 10.0. The zero-order valence-electron chi connectivity index (χ0n) is 9.53. The number of rotatable bonds is 4. The lowest BCUT2D eigenvalue weighted by Crippen LogP contribution is -2.27. The van der Waals surface area contributed by atoms with Gasteiger partial charge in [-0.05, 0) is 18.9 Å². The van der Waals surface area contributed by atoms with Crippen LogP contribution in [0.3, 0.4) is 0 Å². The summed E-state index contributed by atoms with van der Waals surface area (Å²) in [7, 11) is 1.61. The van der Waals surface area contributed by atoms with E-state index in [1.54, 1.807) is 7.11 Å². The van der Waals surface area contributed by atoms with Gasteiger partial charge in [0.1, 0.15) is 5.75 Å². The van der Waals surface area contributed by atoms with Crippen molar-refractivity contribution in [3.63, 3.8) is 0 Å². The Hall–Kier alpha value is -1.06. The lowest BCUT2D eigenvalue weighted by atomic mass is 9.98. The lowest BCUT2D eigenvalue weighted by molar-refractivity contribution is 0.141. The highest BCUT2D eigenvalue weighted by atomic mass is 16.5. The number of aryl methyl sites for hydroxylation is 1. The first-order valence-electron chi connectivity index (χ1n) is 5.19. The fourth-order valence-corrected chi connectivity index (χ4v) is 1.64. The van der Waals surface area contributed by atoms with Crippen LogP contribution in [0.2, 0.25) is 0 Å². The Morgan fingerprint density at radius 3 is 2.67 bits per heavy atom. The van der Waals surface area contributed by atoms with Crippen LogP contribution in [-0.2, 0) is 0 Å². The average molecular weight is 209 g/mol. The average Bonchev–Trinajstić information content (AvgIpc) is 2.26. The molecule has 0 radical (unpaired) electrons. The van der Waals surface area contributed by atoms with Gasteiger partial charge in [0.2, 0.25) is 0 Å². The molecule has 1 aromatic rings. The van der Waals surface area contributed by atoms with E-state index in [1.807, 2.05) is 32.0 Å². The minimum absolute atomic E-state index is 0.249. The maximum atomic E-state index is 10.0. The van der Waals surface area contributed by atoms with Crippen LogP contribution < -0.4 is 10.5 Å². The number of hydrogen-bond acceptors (Lipinski definition) is 3. The van der Waals surface area contributed by atoms with Gasteiger partial charge in [0.15, 0.2) is 0 Å². The maximum absolute atomic E-state index is 10.0. The molecule has 0 saturated carbocycles. The summed E-state index contributed by atoms with van der Waals surface area (Å²) in [5.41, 5.74) is 7.60. The topological polar surface area (TPSA) is 55.5 Å². The summed E-state index contributed by atoms with van der Waals surface area (Å²) < 4.78 is 5.28. The molecule has 84 valence electrons. The van der Waals surface area contributed by atoms with Gasteiger partial charge in [0.05, 0.1) is 13.2 Å². The first-order chi connectivity index (χ1) is 7.11. The van der Waals surface area contributed by atoms with Crippen LogP contribution >= 0.6 is 0 Å². The van der Waals surface area contributed by atoms with E-state index in [2.05, 4.69) is 0 Å². The highest BCUT2D eigenvalue weighted by Gasteiger charge is 2.19. The van der Waals surface area contributed by atoms with Crippen molar-refractivity contribution in [3.05, 3.63) is 29.3 Å². The molecule has 0 spiro atoms. The minimum atomic E-state index is -0.662. The van der Waals surface area contributed by atoms with Gasteiger partial charge in [-0.1, -0.05) is 25.1 Å². The Bertz CT molecular complexity index is 325. The Morgan fingerprint density at radius 1 is 1.47 bits per heavy atom. The summed E-state index contributed by atoms with van der Waals surface area (Å²) in [6, 6.07) is 5.46. The van der Waals surface area contributed by atoms with E-state index in [0.717, 1.165) is 23.3 Å². The quantitative estimate of drug-likeness (QED) is 0.794. The van der Waals surface area contributed by atoms with Crippen molar-refractivity contribution in [1.82, 2.24) is 0 Å². The zero-order valence-corrected chi connectivity index (χ0v) is 9.53. The Labute approximate surface area is 90.9 Å². The minimum Gasteiger partial charge on any atom is -0.496 e. The molecule has 0 bridgehead atoms. The molecule has 1 rings (SSSR count). The second kappa shape index (κ2) is 5.14. The molecule has 15 heavy (non-hydrogen) atoms. The molecule has 0 aliphatic rings. The number of ether oxygens (including phenoxy) is 1. The molecule has 2 atom stereocenters. The smallest absolute Gasteiger partial charge is 0.127 e. The summed E-state index contributed by atoms with van der Waals surface area (Å²) in [5.74, 6) is 0.730. The number of aliphatic hydroxyl groups is 1. The molecule has 3 N–H and O–H groups in total. The van der Waals surface area contributed by atoms with E-state index in [0.29, 0.717) is 0 Å². The van der Waals surface area contributed by atoms with Crippen molar-refractivity contribution >= 4 is 0 Å². The number of para-hydroxylation sites is 1. The van der Waals surface area contributed by atoms with E-state index in [9.17, 15) is 5.11 Å². The molecule has 1 aromatic carbocycles. The van der Waals surface area contributed by atoms with Gasteiger partial charge in [0, 0.05) is 11.6 Å². The second-order valence-corrected chi connectivity index (χ2v) is 3.71. The first-order valence-corrected chi connectivity index (χ1v) is 5.19. The molecule has 3 nitrogen and oxygen atoms in total. The number of aliphatic hydroxyl groups excluding tert-OH is 1. The summed E-state index contributed by atoms with van der Waals surface area (Å²) in [6.07, 6.45) is 0.0722. The third-order valence-electron chi connectivity index (χ3n) is 2.64. The first kappa shape index (κ1) is 12.0.